The van der Waals surface area contributed by atoms with Crippen molar-refractivity contribution in [3.05, 3.63) is 12.4 Å². The fourth-order valence-corrected chi connectivity index (χ4v) is 2.09. The van der Waals surface area contributed by atoms with Gasteiger partial charge in [0.05, 0.1) is 6.61 Å². The van der Waals surface area contributed by atoms with Crippen molar-refractivity contribution in [2.24, 2.45) is 5.92 Å². The van der Waals surface area contributed by atoms with Gasteiger partial charge in [0.2, 0.25) is 5.95 Å². The molecule has 0 aliphatic carbocycles. The maximum Gasteiger partial charge on any atom is 0.202 e. The van der Waals surface area contributed by atoms with Gasteiger partial charge in [-0.05, 0) is 19.3 Å². The van der Waals surface area contributed by atoms with E-state index in [1.807, 2.05) is 12.4 Å². The summed E-state index contributed by atoms with van der Waals surface area (Å²) >= 11 is 0. The lowest BCUT2D eigenvalue weighted by Crippen LogP contribution is -2.22. The third kappa shape index (κ3) is 2.98. The van der Waals surface area contributed by atoms with Gasteiger partial charge < -0.3 is 14.6 Å². The minimum atomic E-state index is 0.644. The van der Waals surface area contributed by atoms with Crippen LogP contribution in [0.15, 0.2) is 12.4 Å². The molecule has 2 heterocycles. The highest BCUT2D eigenvalue weighted by molar-refractivity contribution is 5.25. The minimum Gasteiger partial charge on any atom is -0.381 e. The first-order chi connectivity index (χ1) is 7.90. The van der Waals surface area contributed by atoms with Crippen molar-refractivity contribution in [1.29, 1.82) is 0 Å². The largest absolute Gasteiger partial charge is 0.381 e. The first-order valence-corrected chi connectivity index (χ1v) is 6.23. The number of imidazole rings is 1. The van der Waals surface area contributed by atoms with Gasteiger partial charge >= 0.3 is 0 Å². The average Bonchev–Trinajstić information content (AvgIpc) is 2.75. The van der Waals surface area contributed by atoms with Crippen LogP contribution in [0, 0.1) is 5.92 Å². The molecule has 1 aliphatic rings. The smallest absolute Gasteiger partial charge is 0.202 e. The Hall–Kier alpha value is -1.03. The van der Waals surface area contributed by atoms with E-state index < -0.39 is 0 Å². The summed E-state index contributed by atoms with van der Waals surface area (Å²) in [5.74, 6) is 1.64. The quantitative estimate of drug-likeness (QED) is 0.831. The number of aromatic nitrogens is 2. The minimum absolute atomic E-state index is 0.644. The van der Waals surface area contributed by atoms with Gasteiger partial charge in [0, 0.05) is 38.0 Å². The van der Waals surface area contributed by atoms with Crippen LogP contribution in [0.5, 0.6) is 0 Å². The van der Waals surface area contributed by atoms with Crippen molar-refractivity contribution in [3.8, 4) is 0 Å². The van der Waals surface area contributed by atoms with Crippen LogP contribution in [0.2, 0.25) is 0 Å². The summed E-state index contributed by atoms with van der Waals surface area (Å²) in [7, 11) is 0. The molecule has 0 saturated carbocycles. The molecular weight excluding hydrogens is 202 g/mol. The maximum atomic E-state index is 5.50. The number of nitrogens with zero attached hydrogens (tertiary/aromatic N) is 2. The van der Waals surface area contributed by atoms with Gasteiger partial charge in [-0.15, -0.1) is 0 Å². The lowest BCUT2D eigenvalue weighted by molar-refractivity contribution is 0.0486. The third-order valence-corrected chi connectivity index (χ3v) is 2.96. The van der Waals surface area contributed by atoms with Crippen molar-refractivity contribution in [2.45, 2.75) is 32.7 Å². The van der Waals surface area contributed by atoms with Crippen LogP contribution in [-0.4, -0.2) is 29.3 Å². The van der Waals surface area contributed by atoms with Gasteiger partial charge in [0.1, 0.15) is 0 Å². The number of nitrogens with one attached hydrogen (secondary N) is 1. The number of hydrogen-bond donors (Lipinski definition) is 1. The number of ether oxygens (including phenoxy) is 1. The van der Waals surface area contributed by atoms with Gasteiger partial charge in [0.15, 0.2) is 0 Å². The Labute approximate surface area is 97.0 Å². The monoisotopic (exact) mass is 223 g/mol. The van der Waals surface area contributed by atoms with Crippen LogP contribution < -0.4 is 5.32 Å². The summed E-state index contributed by atoms with van der Waals surface area (Å²) in [6, 6.07) is 0. The van der Waals surface area contributed by atoms with Gasteiger partial charge in [0.25, 0.3) is 0 Å². The molecule has 1 aromatic heterocycles. The number of hydrogen-bond acceptors (Lipinski definition) is 3. The third-order valence-electron chi connectivity index (χ3n) is 2.96. The van der Waals surface area contributed by atoms with Gasteiger partial charge in [-0.2, -0.15) is 0 Å². The van der Waals surface area contributed by atoms with E-state index in [1.54, 1.807) is 0 Å². The van der Waals surface area contributed by atoms with Crippen LogP contribution in [0.4, 0.5) is 5.95 Å². The van der Waals surface area contributed by atoms with Crippen LogP contribution >= 0.6 is 0 Å². The van der Waals surface area contributed by atoms with E-state index in [0.717, 1.165) is 38.7 Å². The first kappa shape index (κ1) is 11.5. The number of rotatable bonds is 5. The van der Waals surface area contributed by atoms with Crippen molar-refractivity contribution in [3.63, 3.8) is 0 Å². The predicted molar refractivity (Wildman–Crippen MR) is 64.6 cm³/mol. The Morgan fingerprint density at radius 2 is 2.56 bits per heavy atom. The zero-order valence-electron chi connectivity index (χ0n) is 9.98. The Morgan fingerprint density at radius 1 is 1.62 bits per heavy atom. The van der Waals surface area contributed by atoms with E-state index in [2.05, 4.69) is 21.8 Å². The van der Waals surface area contributed by atoms with E-state index >= 15 is 0 Å². The zero-order valence-corrected chi connectivity index (χ0v) is 9.98. The lowest BCUT2D eigenvalue weighted by atomic mass is 10.0. The predicted octanol–water partition coefficient (Wildman–Crippen LogP) is 2.13. The maximum absolute atomic E-state index is 5.50. The molecule has 0 bridgehead atoms. The summed E-state index contributed by atoms with van der Waals surface area (Å²) in [6.07, 6.45) is 7.50. The molecule has 4 nitrogen and oxygen atoms in total. The standard InChI is InChI=1S/C12H21N3O/c1-2-5-13-12-14-6-7-15(12)9-11-4-3-8-16-10-11/h6-7,11H,2-5,8-10H2,1H3,(H,13,14). The van der Waals surface area contributed by atoms with Crippen molar-refractivity contribution >= 4 is 5.95 Å². The van der Waals surface area contributed by atoms with E-state index in [4.69, 9.17) is 4.74 Å². The zero-order chi connectivity index (χ0) is 11.2. The normalized spacial score (nSPS) is 20.9. The first-order valence-electron chi connectivity index (χ1n) is 6.23. The molecule has 0 aromatic carbocycles. The van der Waals surface area contributed by atoms with Crippen molar-refractivity contribution in [2.75, 3.05) is 25.1 Å². The Balaban J connectivity index is 1.89. The van der Waals surface area contributed by atoms with Crippen LogP contribution in [0.1, 0.15) is 26.2 Å². The second-order valence-electron chi connectivity index (χ2n) is 4.41. The van der Waals surface area contributed by atoms with E-state index in [1.165, 1.54) is 12.8 Å². The van der Waals surface area contributed by atoms with Crippen molar-refractivity contribution < 1.29 is 4.74 Å². The molecule has 0 amide bonds. The summed E-state index contributed by atoms with van der Waals surface area (Å²) in [5.41, 5.74) is 0. The molecule has 16 heavy (non-hydrogen) atoms. The Morgan fingerprint density at radius 3 is 3.31 bits per heavy atom. The highest BCUT2D eigenvalue weighted by Gasteiger charge is 2.15. The molecule has 0 spiro atoms. The molecule has 1 unspecified atom stereocenters. The molecule has 2 rings (SSSR count). The molecule has 1 aliphatic heterocycles. The average molecular weight is 223 g/mol. The Bertz CT molecular complexity index is 305. The summed E-state index contributed by atoms with van der Waals surface area (Å²) in [6.45, 7) is 5.99. The van der Waals surface area contributed by atoms with E-state index in [0.29, 0.717) is 5.92 Å². The summed E-state index contributed by atoms with van der Waals surface area (Å²) in [4.78, 5) is 4.33. The van der Waals surface area contributed by atoms with Gasteiger partial charge in [-0.1, -0.05) is 6.92 Å². The second kappa shape index (κ2) is 5.89. The molecule has 1 fully saturated rings. The molecule has 1 saturated heterocycles. The Kier molecular flexibility index (Phi) is 4.22. The topological polar surface area (TPSA) is 39.1 Å². The molecule has 1 atom stereocenters. The van der Waals surface area contributed by atoms with E-state index in [-0.39, 0.29) is 0 Å². The van der Waals surface area contributed by atoms with Crippen LogP contribution in [0.25, 0.3) is 0 Å². The number of anilines is 1. The fraction of sp³-hybridized carbons (Fsp3) is 0.750. The molecule has 4 heteroatoms. The highest BCUT2D eigenvalue weighted by Crippen LogP contribution is 2.17. The molecule has 90 valence electrons. The lowest BCUT2D eigenvalue weighted by Gasteiger charge is -2.23. The molecular formula is C12H21N3O. The summed E-state index contributed by atoms with van der Waals surface area (Å²) < 4.78 is 7.70. The molecule has 1 aromatic rings. The van der Waals surface area contributed by atoms with Crippen molar-refractivity contribution in [1.82, 2.24) is 9.55 Å². The molecule has 1 N–H and O–H groups in total. The SMILES string of the molecule is CCCNc1nccn1CC1CCCOC1. The van der Waals surface area contributed by atoms with Gasteiger partial charge in [-0.25, -0.2) is 4.98 Å². The summed E-state index contributed by atoms with van der Waals surface area (Å²) in [5, 5.41) is 3.34. The van der Waals surface area contributed by atoms with Crippen LogP contribution in [-0.2, 0) is 11.3 Å². The fourth-order valence-electron chi connectivity index (χ4n) is 2.09. The molecule has 0 radical (unpaired) electrons. The van der Waals surface area contributed by atoms with Gasteiger partial charge in [-0.3, -0.25) is 0 Å². The highest BCUT2D eigenvalue weighted by atomic mass is 16.5. The second-order valence-corrected chi connectivity index (χ2v) is 4.41. The van der Waals surface area contributed by atoms with Crippen LogP contribution in [0.3, 0.4) is 0 Å². The van der Waals surface area contributed by atoms with E-state index in [9.17, 15) is 0 Å².